The van der Waals surface area contributed by atoms with Gasteiger partial charge in [-0.05, 0) is 42.8 Å². The standard InChI is InChI=1S/C16H18Cl2N2O/c1-3-20-15(8-11-6-7-19-10-14(11)18)13-9-12(17)4-5-16(13)21-2/h4-7,9-10,15,20H,3,8H2,1-2H3. The zero-order chi connectivity index (χ0) is 15.2. The van der Waals surface area contributed by atoms with Crippen LogP contribution in [0.15, 0.2) is 36.7 Å². The Hall–Kier alpha value is -1.29. The van der Waals surface area contributed by atoms with E-state index in [-0.39, 0.29) is 6.04 Å². The summed E-state index contributed by atoms with van der Waals surface area (Å²) in [6.45, 7) is 2.90. The molecule has 0 aliphatic heterocycles. The average molecular weight is 325 g/mol. The molecule has 0 radical (unpaired) electrons. The molecule has 1 N–H and O–H groups in total. The molecule has 1 heterocycles. The predicted molar refractivity (Wildman–Crippen MR) is 87.4 cm³/mol. The fourth-order valence-electron chi connectivity index (χ4n) is 2.31. The molecule has 5 heteroatoms. The fraction of sp³-hybridized carbons (Fsp3) is 0.312. The lowest BCUT2D eigenvalue weighted by atomic mass is 9.98. The van der Waals surface area contributed by atoms with Crippen molar-refractivity contribution in [1.29, 1.82) is 0 Å². The summed E-state index contributed by atoms with van der Waals surface area (Å²) in [7, 11) is 1.66. The number of methoxy groups -OCH3 is 1. The van der Waals surface area contributed by atoms with Crippen LogP contribution >= 0.6 is 23.2 Å². The van der Waals surface area contributed by atoms with Crippen LogP contribution in [0.1, 0.15) is 24.1 Å². The fourth-order valence-corrected chi connectivity index (χ4v) is 2.68. The van der Waals surface area contributed by atoms with Gasteiger partial charge in [0.15, 0.2) is 0 Å². The zero-order valence-electron chi connectivity index (χ0n) is 12.1. The highest BCUT2D eigenvalue weighted by Gasteiger charge is 2.17. The first kappa shape index (κ1) is 16.1. The van der Waals surface area contributed by atoms with Gasteiger partial charge in [0.25, 0.3) is 0 Å². The van der Waals surface area contributed by atoms with E-state index in [0.29, 0.717) is 10.0 Å². The van der Waals surface area contributed by atoms with Crippen LogP contribution in [0.3, 0.4) is 0 Å². The summed E-state index contributed by atoms with van der Waals surface area (Å²) < 4.78 is 5.45. The summed E-state index contributed by atoms with van der Waals surface area (Å²) in [6, 6.07) is 7.65. The zero-order valence-corrected chi connectivity index (χ0v) is 13.6. The summed E-state index contributed by atoms with van der Waals surface area (Å²) in [5.74, 6) is 0.815. The molecule has 1 unspecified atom stereocenters. The monoisotopic (exact) mass is 324 g/mol. The molecule has 0 saturated heterocycles. The minimum atomic E-state index is 0.0727. The average Bonchev–Trinajstić information content (AvgIpc) is 2.49. The molecule has 0 spiro atoms. The molecule has 0 aliphatic carbocycles. The largest absolute Gasteiger partial charge is 0.496 e. The first-order valence-corrected chi connectivity index (χ1v) is 7.56. The Balaban J connectivity index is 2.35. The van der Waals surface area contributed by atoms with Crippen molar-refractivity contribution in [3.63, 3.8) is 0 Å². The summed E-state index contributed by atoms with van der Waals surface area (Å²) in [4.78, 5) is 4.02. The van der Waals surface area contributed by atoms with Gasteiger partial charge in [-0.2, -0.15) is 0 Å². The molecule has 0 amide bonds. The highest BCUT2D eigenvalue weighted by atomic mass is 35.5. The van der Waals surface area contributed by atoms with Crippen molar-refractivity contribution in [3.8, 4) is 5.75 Å². The van der Waals surface area contributed by atoms with E-state index >= 15 is 0 Å². The highest BCUT2D eigenvalue weighted by Crippen LogP contribution is 2.31. The molecule has 1 aromatic heterocycles. The first-order chi connectivity index (χ1) is 10.2. The molecule has 0 aliphatic rings. The second kappa shape index (κ2) is 7.64. The van der Waals surface area contributed by atoms with Gasteiger partial charge in [0.05, 0.1) is 12.1 Å². The lowest BCUT2D eigenvalue weighted by Crippen LogP contribution is -2.23. The third kappa shape index (κ3) is 4.10. The predicted octanol–water partition coefficient (Wildman–Crippen LogP) is 4.29. The third-order valence-electron chi connectivity index (χ3n) is 3.30. The molecule has 2 aromatic rings. The molecular weight excluding hydrogens is 307 g/mol. The van der Waals surface area contributed by atoms with Gasteiger partial charge < -0.3 is 10.1 Å². The van der Waals surface area contributed by atoms with E-state index in [9.17, 15) is 0 Å². The molecule has 21 heavy (non-hydrogen) atoms. The topological polar surface area (TPSA) is 34.2 Å². The molecule has 1 atom stereocenters. The Labute approximate surface area is 135 Å². The van der Waals surface area contributed by atoms with E-state index < -0.39 is 0 Å². The van der Waals surface area contributed by atoms with E-state index in [1.165, 1.54) is 0 Å². The van der Waals surface area contributed by atoms with Crippen LogP contribution in [0.25, 0.3) is 0 Å². The van der Waals surface area contributed by atoms with Gasteiger partial charge in [-0.3, -0.25) is 4.98 Å². The number of rotatable bonds is 6. The second-order valence-electron chi connectivity index (χ2n) is 4.67. The highest BCUT2D eigenvalue weighted by molar-refractivity contribution is 6.31. The van der Waals surface area contributed by atoms with Crippen molar-refractivity contribution < 1.29 is 4.74 Å². The quantitative estimate of drug-likeness (QED) is 0.860. The van der Waals surface area contributed by atoms with Crippen molar-refractivity contribution in [2.75, 3.05) is 13.7 Å². The van der Waals surface area contributed by atoms with Crippen molar-refractivity contribution in [2.24, 2.45) is 0 Å². The molecule has 0 saturated carbocycles. The Bertz CT molecular complexity index is 605. The number of hydrogen-bond donors (Lipinski definition) is 1. The van der Waals surface area contributed by atoms with Crippen LogP contribution in [0.4, 0.5) is 0 Å². The smallest absolute Gasteiger partial charge is 0.123 e. The minimum Gasteiger partial charge on any atom is -0.496 e. The van der Waals surface area contributed by atoms with Crippen molar-refractivity contribution >= 4 is 23.2 Å². The summed E-state index contributed by atoms with van der Waals surface area (Å²) >= 11 is 12.3. The van der Waals surface area contributed by atoms with Crippen molar-refractivity contribution in [3.05, 3.63) is 57.8 Å². The second-order valence-corrected chi connectivity index (χ2v) is 5.51. The van der Waals surface area contributed by atoms with Crippen LogP contribution < -0.4 is 10.1 Å². The van der Waals surface area contributed by atoms with E-state index in [4.69, 9.17) is 27.9 Å². The first-order valence-electron chi connectivity index (χ1n) is 6.81. The summed E-state index contributed by atoms with van der Waals surface area (Å²) in [5.41, 5.74) is 2.07. The molecule has 2 rings (SSSR count). The van der Waals surface area contributed by atoms with Crippen LogP contribution in [-0.4, -0.2) is 18.6 Å². The van der Waals surface area contributed by atoms with E-state index in [2.05, 4.69) is 17.2 Å². The summed E-state index contributed by atoms with van der Waals surface area (Å²) in [5, 5.41) is 4.82. The SMILES string of the molecule is CCNC(Cc1ccncc1Cl)c1cc(Cl)ccc1OC. The number of hydrogen-bond acceptors (Lipinski definition) is 3. The van der Waals surface area contributed by atoms with E-state index in [1.54, 1.807) is 19.5 Å². The number of nitrogens with zero attached hydrogens (tertiary/aromatic N) is 1. The minimum absolute atomic E-state index is 0.0727. The lowest BCUT2D eigenvalue weighted by Gasteiger charge is -2.21. The maximum Gasteiger partial charge on any atom is 0.123 e. The number of ether oxygens (including phenoxy) is 1. The molecular formula is C16H18Cl2N2O. The van der Waals surface area contributed by atoms with Crippen LogP contribution in [0.5, 0.6) is 5.75 Å². The van der Waals surface area contributed by atoms with Gasteiger partial charge in [0.1, 0.15) is 5.75 Å². The van der Waals surface area contributed by atoms with Crippen LogP contribution in [0, 0.1) is 0 Å². The van der Waals surface area contributed by atoms with Crippen LogP contribution in [0.2, 0.25) is 10.0 Å². The lowest BCUT2D eigenvalue weighted by molar-refractivity contribution is 0.399. The maximum atomic E-state index is 6.21. The number of benzene rings is 1. The third-order valence-corrected chi connectivity index (χ3v) is 3.87. The van der Waals surface area contributed by atoms with Gasteiger partial charge in [-0.25, -0.2) is 0 Å². The van der Waals surface area contributed by atoms with Crippen LogP contribution in [-0.2, 0) is 6.42 Å². The van der Waals surface area contributed by atoms with Gasteiger partial charge in [0.2, 0.25) is 0 Å². The Morgan fingerprint density at radius 3 is 2.76 bits per heavy atom. The Kier molecular flexibility index (Phi) is 5.85. The molecule has 112 valence electrons. The number of likely N-dealkylation sites (N-methyl/N-ethyl adjacent to an activating group) is 1. The van der Waals surface area contributed by atoms with E-state index in [1.807, 2.05) is 24.3 Å². The number of nitrogens with one attached hydrogen (secondary N) is 1. The van der Waals surface area contributed by atoms with Gasteiger partial charge in [-0.1, -0.05) is 30.1 Å². The molecule has 1 aromatic carbocycles. The number of halogens is 2. The summed E-state index contributed by atoms with van der Waals surface area (Å²) in [6.07, 6.45) is 4.15. The number of aromatic nitrogens is 1. The van der Waals surface area contributed by atoms with Gasteiger partial charge in [-0.15, -0.1) is 0 Å². The van der Waals surface area contributed by atoms with E-state index in [0.717, 1.165) is 29.8 Å². The van der Waals surface area contributed by atoms with Gasteiger partial charge >= 0.3 is 0 Å². The molecule has 0 bridgehead atoms. The number of pyridine rings is 1. The normalized spacial score (nSPS) is 12.2. The van der Waals surface area contributed by atoms with Gasteiger partial charge in [0, 0.05) is 29.0 Å². The van der Waals surface area contributed by atoms with Crippen molar-refractivity contribution in [1.82, 2.24) is 10.3 Å². The Morgan fingerprint density at radius 1 is 1.29 bits per heavy atom. The maximum absolute atomic E-state index is 6.21. The van der Waals surface area contributed by atoms with Crippen molar-refractivity contribution in [2.45, 2.75) is 19.4 Å². The Morgan fingerprint density at radius 2 is 2.10 bits per heavy atom. The molecule has 3 nitrogen and oxygen atoms in total. The molecule has 0 fully saturated rings.